The number of unbranched alkanes of at least 4 members (excludes halogenated alkanes) is 11. The van der Waals surface area contributed by atoms with Gasteiger partial charge in [-0.1, -0.05) is 95.9 Å². The molecule has 1 heterocycles. The van der Waals surface area contributed by atoms with Gasteiger partial charge in [0.2, 0.25) is 0 Å². The van der Waals surface area contributed by atoms with Crippen LogP contribution in [0.5, 0.6) is 0 Å². The largest absolute Gasteiger partial charge is 0.457 e. The molecule has 0 aromatic rings. The summed E-state index contributed by atoms with van der Waals surface area (Å²) in [5, 5.41) is 30.3. The van der Waals surface area contributed by atoms with Gasteiger partial charge in [-0.25, -0.2) is 4.18 Å². The van der Waals surface area contributed by atoms with Gasteiger partial charge in [0.15, 0.2) is 6.29 Å². The van der Waals surface area contributed by atoms with Gasteiger partial charge in [-0.15, -0.1) is 0 Å². The summed E-state index contributed by atoms with van der Waals surface area (Å²) in [6, 6.07) is 0. The van der Waals surface area contributed by atoms with Crippen molar-refractivity contribution in [3.8, 4) is 0 Å². The van der Waals surface area contributed by atoms with Crippen LogP contribution in [-0.4, -0.2) is 97.5 Å². The Morgan fingerprint density at radius 3 is 2.15 bits per heavy atom. The van der Waals surface area contributed by atoms with Gasteiger partial charge in [-0.05, 0) is 38.5 Å². The van der Waals surface area contributed by atoms with E-state index >= 15 is 0 Å². The van der Waals surface area contributed by atoms with Crippen LogP contribution in [0.25, 0.3) is 0 Å². The third-order valence-electron chi connectivity index (χ3n) is 7.56. The van der Waals surface area contributed by atoms with Crippen LogP contribution in [-0.2, 0) is 38.3 Å². The van der Waals surface area contributed by atoms with Crippen LogP contribution in [0, 0.1) is 0 Å². The maximum Gasteiger partial charge on any atom is 0.397 e. The molecule has 1 aliphatic heterocycles. The Morgan fingerprint density at radius 1 is 0.826 bits per heavy atom. The topological polar surface area (TPSA) is 178 Å². The lowest BCUT2D eigenvalue weighted by Gasteiger charge is -2.41. The molecule has 270 valence electrons. The van der Waals surface area contributed by atoms with E-state index < -0.39 is 59.8 Å². The number of aliphatic hydroxyl groups is 3. The van der Waals surface area contributed by atoms with Crippen molar-refractivity contribution in [1.29, 1.82) is 0 Å². The molecule has 0 aromatic heterocycles. The maximum absolute atomic E-state index is 12.6. The molecular formula is C33H60O12S. The minimum atomic E-state index is -5.05. The van der Waals surface area contributed by atoms with E-state index in [9.17, 15) is 28.5 Å². The highest BCUT2D eigenvalue weighted by Crippen LogP contribution is 2.26. The van der Waals surface area contributed by atoms with E-state index in [1.54, 1.807) is 0 Å². The second-order valence-corrected chi connectivity index (χ2v) is 12.8. The number of rotatable bonds is 28. The van der Waals surface area contributed by atoms with Gasteiger partial charge in [-0.2, -0.15) is 8.42 Å². The molecular weight excluding hydrogens is 620 g/mol. The number of carbonyl (C=O) groups is 1. The highest BCUT2D eigenvalue weighted by molar-refractivity contribution is 7.80. The molecule has 1 saturated heterocycles. The summed E-state index contributed by atoms with van der Waals surface area (Å²) in [7, 11) is -5.05. The molecule has 0 spiro atoms. The van der Waals surface area contributed by atoms with Gasteiger partial charge >= 0.3 is 16.4 Å². The third kappa shape index (κ3) is 20.7. The summed E-state index contributed by atoms with van der Waals surface area (Å²) in [6.07, 6.45) is 15.4. The van der Waals surface area contributed by atoms with E-state index in [2.05, 4.69) is 42.3 Å². The Bertz CT molecular complexity index is 926. The number of ether oxygens (including phenoxy) is 4. The molecule has 12 nitrogen and oxygen atoms in total. The molecule has 4 N–H and O–H groups in total. The number of aliphatic hydroxyl groups excluding tert-OH is 3. The molecule has 0 radical (unpaired) electrons. The molecule has 46 heavy (non-hydrogen) atoms. The lowest BCUT2D eigenvalue weighted by Crippen LogP contribution is -2.60. The Balaban J connectivity index is 2.55. The van der Waals surface area contributed by atoms with Gasteiger partial charge in [0.25, 0.3) is 0 Å². The van der Waals surface area contributed by atoms with Crippen molar-refractivity contribution < 1.29 is 56.2 Å². The Labute approximate surface area is 276 Å². The zero-order valence-electron chi connectivity index (χ0n) is 27.9. The first-order valence-electron chi connectivity index (χ1n) is 17.1. The molecule has 1 fully saturated rings. The van der Waals surface area contributed by atoms with Gasteiger partial charge < -0.3 is 34.3 Å². The first-order valence-corrected chi connectivity index (χ1v) is 18.5. The van der Waals surface area contributed by atoms with Gasteiger partial charge in [0.1, 0.15) is 30.5 Å². The molecule has 0 amide bonds. The lowest BCUT2D eigenvalue weighted by molar-refractivity contribution is -0.301. The fourth-order valence-corrected chi connectivity index (χ4v) is 5.45. The number of esters is 1. The van der Waals surface area contributed by atoms with E-state index in [4.69, 9.17) is 23.5 Å². The minimum Gasteiger partial charge on any atom is -0.457 e. The smallest absolute Gasteiger partial charge is 0.397 e. The van der Waals surface area contributed by atoms with Crippen LogP contribution < -0.4 is 0 Å². The summed E-state index contributed by atoms with van der Waals surface area (Å²) in [4.78, 5) is 12.6. The predicted octanol–water partition coefficient (Wildman–Crippen LogP) is 4.95. The zero-order chi connectivity index (χ0) is 34.0. The van der Waals surface area contributed by atoms with E-state index in [-0.39, 0.29) is 19.6 Å². The van der Waals surface area contributed by atoms with Crippen LogP contribution in [0.3, 0.4) is 0 Å². The number of hydrogen-bond donors (Lipinski definition) is 4. The maximum atomic E-state index is 12.6. The SMILES string of the molecule is CCC/C=C\C/C=C\CCCCCCCC(=O)OC(COCCCCCCCC)COC1OC(CO)C(O)C(OS(=O)(=O)O)C1O. The zero-order valence-corrected chi connectivity index (χ0v) is 28.7. The highest BCUT2D eigenvalue weighted by Gasteiger charge is 2.48. The summed E-state index contributed by atoms with van der Waals surface area (Å²) in [6.45, 7) is 3.80. The van der Waals surface area contributed by atoms with E-state index in [1.165, 1.54) is 25.7 Å². The van der Waals surface area contributed by atoms with Crippen molar-refractivity contribution in [3.05, 3.63) is 24.3 Å². The van der Waals surface area contributed by atoms with Crippen molar-refractivity contribution in [3.63, 3.8) is 0 Å². The van der Waals surface area contributed by atoms with Crippen molar-refractivity contribution in [2.75, 3.05) is 26.4 Å². The molecule has 1 rings (SSSR count). The van der Waals surface area contributed by atoms with Crippen LogP contribution in [0.4, 0.5) is 0 Å². The first kappa shape index (κ1) is 42.6. The minimum absolute atomic E-state index is 0.0302. The molecule has 6 unspecified atom stereocenters. The fourth-order valence-electron chi connectivity index (χ4n) is 4.94. The van der Waals surface area contributed by atoms with E-state index in [0.29, 0.717) is 13.0 Å². The third-order valence-corrected chi connectivity index (χ3v) is 8.02. The standard InChI is InChI=1S/C33H60O12S/c1-3-5-7-9-11-12-13-14-15-16-17-18-20-22-29(35)43-27(25-41-23-21-19-10-8-6-4-2)26-42-33-31(37)32(45-46(38,39)40)30(36)28(24-34)44-33/h7,9,12-13,27-28,30-34,36-37H,3-6,8,10-11,14-26H2,1-2H3,(H,38,39,40)/b9-7-,13-12-. The van der Waals surface area contributed by atoms with Crippen molar-refractivity contribution in [2.45, 2.75) is 153 Å². The highest BCUT2D eigenvalue weighted by atomic mass is 32.3. The first-order chi connectivity index (χ1) is 22.1. The summed E-state index contributed by atoms with van der Waals surface area (Å²) >= 11 is 0. The fraction of sp³-hybridized carbons (Fsp3) is 0.848. The summed E-state index contributed by atoms with van der Waals surface area (Å²) in [5.74, 6) is -0.419. The average molecular weight is 681 g/mol. The molecule has 13 heteroatoms. The normalized spacial score (nSPS) is 23.0. The number of hydrogen-bond acceptors (Lipinski definition) is 11. The quantitative estimate of drug-likeness (QED) is 0.0379. The van der Waals surface area contributed by atoms with Crippen molar-refractivity contribution in [1.82, 2.24) is 0 Å². The van der Waals surface area contributed by atoms with Gasteiger partial charge in [0, 0.05) is 13.0 Å². The lowest BCUT2D eigenvalue weighted by atomic mass is 9.99. The van der Waals surface area contributed by atoms with Gasteiger partial charge in [-0.3, -0.25) is 9.35 Å². The van der Waals surface area contributed by atoms with E-state index in [0.717, 1.165) is 64.2 Å². The molecule has 0 saturated carbocycles. The molecule has 1 aliphatic rings. The molecule has 0 bridgehead atoms. The Kier molecular flexibility index (Phi) is 24.6. The number of carbonyl (C=O) groups excluding carboxylic acids is 1. The van der Waals surface area contributed by atoms with Crippen LogP contribution in [0.2, 0.25) is 0 Å². The average Bonchev–Trinajstić information content (AvgIpc) is 3.01. The van der Waals surface area contributed by atoms with Crippen molar-refractivity contribution in [2.24, 2.45) is 0 Å². The van der Waals surface area contributed by atoms with Crippen molar-refractivity contribution >= 4 is 16.4 Å². The molecule has 0 aliphatic carbocycles. The Hall–Kier alpha value is -1.42. The van der Waals surface area contributed by atoms with Crippen LogP contribution >= 0.6 is 0 Å². The molecule has 0 aromatic carbocycles. The molecule has 6 atom stereocenters. The second-order valence-electron chi connectivity index (χ2n) is 11.8. The Morgan fingerprint density at radius 2 is 1.48 bits per heavy atom. The van der Waals surface area contributed by atoms with Gasteiger partial charge in [0.05, 0.1) is 19.8 Å². The number of allylic oxidation sites excluding steroid dienone is 4. The second kappa shape index (κ2) is 26.5. The monoisotopic (exact) mass is 680 g/mol. The van der Waals surface area contributed by atoms with E-state index in [1.807, 2.05) is 0 Å². The van der Waals surface area contributed by atoms with Crippen LogP contribution in [0.15, 0.2) is 24.3 Å². The predicted molar refractivity (Wildman–Crippen MR) is 174 cm³/mol. The van der Waals surface area contributed by atoms with Crippen LogP contribution in [0.1, 0.15) is 117 Å². The summed E-state index contributed by atoms with van der Waals surface area (Å²) < 4.78 is 58.3. The summed E-state index contributed by atoms with van der Waals surface area (Å²) in [5.41, 5.74) is 0.